The second kappa shape index (κ2) is 6.62. The van der Waals surface area contributed by atoms with Gasteiger partial charge in [0.05, 0.1) is 12.1 Å². The Labute approximate surface area is 126 Å². The largest absolute Gasteiger partial charge is 0.491 e. The lowest BCUT2D eigenvalue weighted by Gasteiger charge is -2.26. The average molecular weight is 286 g/mol. The summed E-state index contributed by atoms with van der Waals surface area (Å²) >= 11 is 0. The fourth-order valence-corrected chi connectivity index (χ4v) is 2.95. The van der Waals surface area contributed by atoms with E-state index in [-0.39, 0.29) is 11.9 Å². The molecule has 1 unspecified atom stereocenters. The molecule has 112 valence electrons. The van der Waals surface area contributed by atoms with Gasteiger partial charge in [0.2, 0.25) is 5.91 Å². The molecule has 4 nitrogen and oxygen atoms in total. The van der Waals surface area contributed by atoms with E-state index in [0.717, 1.165) is 24.2 Å². The van der Waals surface area contributed by atoms with Crippen LogP contribution in [0.3, 0.4) is 0 Å². The summed E-state index contributed by atoms with van der Waals surface area (Å²) in [6.07, 6.45) is 2.83. The van der Waals surface area contributed by atoms with Crippen LogP contribution in [0, 0.1) is 16.7 Å². The Hall–Kier alpha value is -2.02. The number of fused-ring (bicyclic) bond motifs is 1. The van der Waals surface area contributed by atoms with Crippen LogP contribution in [0.15, 0.2) is 24.3 Å². The summed E-state index contributed by atoms with van der Waals surface area (Å²) in [5.74, 6) is 0.648. The lowest BCUT2D eigenvalue weighted by Crippen LogP contribution is -2.42. The Balaban J connectivity index is 2.15. The van der Waals surface area contributed by atoms with E-state index in [4.69, 9.17) is 4.74 Å². The molecule has 1 aromatic rings. The van der Waals surface area contributed by atoms with Gasteiger partial charge in [-0.15, -0.1) is 0 Å². The van der Waals surface area contributed by atoms with E-state index in [9.17, 15) is 10.1 Å². The molecule has 1 amide bonds. The minimum Gasteiger partial charge on any atom is -0.491 e. The number of benzene rings is 1. The molecule has 21 heavy (non-hydrogen) atoms. The number of nitriles is 1. The standard InChI is InChI=1S/C17H22N2O2/c1-3-9-17(12-18,10-4-2)16(20)19-14-11-21-15-8-6-5-7-13(14)15/h5-8,14H,3-4,9-11H2,1-2H3,(H,19,20). The van der Waals surface area contributed by atoms with Gasteiger partial charge in [-0.3, -0.25) is 4.79 Å². The maximum atomic E-state index is 12.7. The van der Waals surface area contributed by atoms with Crippen LogP contribution >= 0.6 is 0 Å². The van der Waals surface area contributed by atoms with Crippen molar-refractivity contribution in [2.45, 2.75) is 45.6 Å². The number of amides is 1. The van der Waals surface area contributed by atoms with Crippen molar-refractivity contribution in [1.82, 2.24) is 5.32 Å². The van der Waals surface area contributed by atoms with E-state index < -0.39 is 5.41 Å². The highest BCUT2D eigenvalue weighted by atomic mass is 16.5. The van der Waals surface area contributed by atoms with Crippen LogP contribution in [0.4, 0.5) is 0 Å². The highest BCUT2D eigenvalue weighted by Crippen LogP contribution is 2.34. The molecule has 1 aliphatic rings. The molecule has 0 bridgehead atoms. The van der Waals surface area contributed by atoms with Crippen LogP contribution in [0.5, 0.6) is 5.75 Å². The number of carbonyl (C=O) groups is 1. The lowest BCUT2D eigenvalue weighted by molar-refractivity contribution is -0.129. The predicted molar refractivity (Wildman–Crippen MR) is 80.7 cm³/mol. The third-order valence-electron chi connectivity index (χ3n) is 4.01. The summed E-state index contributed by atoms with van der Waals surface area (Å²) in [6, 6.07) is 9.81. The first-order chi connectivity index (χ1) is 10.2. The molecule has 2 rings (SSSR count). The van der Waals surface area contributed by atoms with Crippen molar-refractivity contribution in [3.05, 3.63) is 29.8 Å². The molecule has 4 heteroatoms. The van der Waals surface area contributed by atoms with Gasteiger partial charge >= 0.3 is 0 Å². The topological polar surface area (TPSA) is 62.1 Å². The molecule has 0 saturated heterocycles. The Morgan fingerprint density at radius 1 is 1.38 bits per heavy atom. The molecule has 0 aliphatic carbocycles. The zero-order valence-corrected chi connectivity index (χ0v) is 12.7. The van der Waals surface area contributed by atoms with E-state index >= 15 is 0 Å². The van der Waals surface area contributed by atoms with Gasteiger partial charge in [0.15, 0.2) is 0 Å². The predicted octanol–water partition coefficient (Wildman–Crippen LogP) is 3.35. The first-order valence-corrected chi connectivity index (χ1v) is 7.60. The minimum absolute atomic E-state index is 0.157. The van der Waals surface area contributed by atoms with Gasteiger partial charge in [-0.2, -0.15) is 5.26 Å². The highest BCUT2D eigenvalue weighted by Gasteiger charge is 2.39. The first kappa shape index (κ1) is 15.4. The fraction of sp³-hybridized carbons (Fsp3) is 0.529. The summed E-state index contributed by atoms with van der Waals surface area (Å²) in [7, 11) is 0. The monoisotopic (exact) mass is 286 g/mol. The van der Waals surface area contributed by atoms with Gasteiger partial charge in [-0.05, 0) is 18.9 Å². The number of ether oxygens (including phenoxy) is 1. The Morgan fingerprint density at radius 3 is 2.67 bits per heavy atom. The van der Waals surface area contributed by atoms with Crippen LogP contribution < -0.4 is 10.1 Å². The number of nitrogens with one attached hydrogen (secondary N) is 1. The second-order valence-electron chi connectivity index (χ2n) is 5.57. The summed E-state index contributed by atoms with van der Waals surface area (Å²) in [6.45, 7) is 4.44. The van der Waals surface area contributed by atoms with Gasteiger partial charge in [0, 0.05) is 5.56 Å². The van der Waals surface area contributed by atoms with Crippen molar-refractivity contribution in [2.24, 2.45) is 5.41 Å². The quantitative estimate of drug-likeness (QED) is 0.872. The van der Waals surface area contributed by atoms with Gasteiger partial charge in [0.1, 0.15) is 17.8 Å². The molecule has 1 heterocycles. The maximum Gasteiger partial charge on any atom is 0.241 e. The molecular formula is C17H22N2O2. The smallest absolute Gasteiger partial charge is 0.241 e. The third-order valence-corrected chi connectivity index (χ3v) is 4.01. The van der Waals surface area contributed by atoms with E-state index in [1.54, 1.807) is 0 Å². The summed E-state index contributed by atoms with van der Waals surface area (Å²) in [4.78, 5) is 12.7. The molecule has 1 aliphatic heterocycles. The Morgan fingerprint density at radius 2 is 2.05 bits per heavy atom. The molecule has 0 spiro atoms. The molecule has 0 fully saturated rings. The molecule has 0 saturated carbocycles. The van der Waals surface area contributed by atoms with Crippen LogP contribution in [0.25, 0.3) is 0 Å². The van der Waals surface area contributed by atoms with E-state index in [2.05, 4.69) is 11.4 Å². The van der Waals surface area contributed by atoms with E-state index in [1.165, 1.54) is 0 Å². The average Bonchev–Trinajstić information content (AvgIpc) is 2.90. The fourth-order valence-electron chi connectivity index (χ4n) is 2.95. The van der Waals surface area contributed by atoms with Gasteiger partial charge in [-0.25, -0.2) is 0 Å². The van der Waals surface area contributed by atoms with E-state index in [0.29, 0.717) is 19.4 Å². The maximum absolute atomic E-state index is 12.7. The van der Waals surface area contributed by atoms with Crippen molar-refractivity contribution in [3.63, 3.8) is 0 Å². The number of rotatable bonds is 6. The molecule has 1 aromatic carbocycles. The number of para-hydroxylation sites is 1. The van der Waals surface area contributed by atoms with Crippen LogP contribution in [-0.4, -0.2) is 12.5 Å². The van der Waals surface area contributed by atoms with Gasteiger partial charge < -0.3 is 10.1 Å². The number of nitrogens with zero attached hydrogens (tertiary/aromatic N) is 1. The Bertz CT molecular complexity index is 542. The van der Waals surface area contributed by atoms with Crippen molar-refractivity contribution >= 4 is 5.91 Å². The Kier molecular flexibility index (Phi) is 4.85. The number of hydrogen-bond acceptors (Lipinski definition) is 3. The SMILES string of the molecule is CCCC(C#N)(CCC)C(=O)NC1COc2ccccc21. The lowest BCUT2D eigenvalue weighted by atomic mass is 9.79. The second-order valence-corrected chi connectivity index (χ2v) is 5.57. The van der Waals surface area contributed by atoms with Crippen LogP contribution in [0.1, 0.15) is 51.1 Å². The summed E-state index contributed by atoms with van der Waals surface area (Å²) in [5, 5.41) is 12.5. The summed E-state index contributed by atoms with van der Waals surface area (Å²) in [5.41, 5.74) is 0.0757. The van der Waals surface area contributed by atoms with E-state index in [1.807, 2.05) is 38.1 Å². The van der Waals surface area contributed by atoms with Crippen molar-refractivity contribution in [1.29, 1.82) is 5.26 Å². The first-order valence-electron chi connectivity index (χ1n) is 7.60. The highest BCUT2D eigenvalue weighted by molar-refractivity contribution is 5.86. The number of hydrogen-bond donors (Lipinski definition) is 1. The van der Waals surface area contributed by atoms with Crippen molar-refractivity contribution in [3.8, 4) is 11.8 Å². The normalized spacial score (nSPS) is 16.7. The van der Waals surface area contributed by atoms with Crippen LogP contribution in [0.2, 0.25) is 0 Å². The molecule has 1 N–H and O–H groups in total. The zero-order valence-electron chi connectivity index (χ0n) is 12.7. The molecule has 1 atom stereocenters. The van der Waals surface area contributed by atoms with Gasteiger partial charge in [-0.1, -0.05) is 44.9 Å². The molecule has 0 radical (unpaired) electrons. The zero-order chi connectivity index (χ0) is 15.3. The van der Waals surface area contributed by atoms with Gasteiger partial charge in [0.25, 0.3) is 0 Å². The van der Waals surface area contributed by atoms with Crippen molar-refractivity contribution < 1.29 is 9.53 Å². The third kappa shape index (κ3) is 3.02. The molecule has 0 aromatic heterocycles. The summed E-state index contributed by atoms with van der Waals surface area (Å²) < 4.78 is 5.58. The van der Waals surface area contributed by atoms with Crippen LogP contribution in [-0.2, 0) is 4.79 Å². The number of carbonyl (C=O) groups excluding carboxylic acids is 1. The minimum atomic E-state index is -0.916. The van der Waals surface area contributed by atoms with Crippen molar-refractivity contribution in [2.75, 3.05) is 6.61 Å². The molecular weight excluding hydrogens is 264 g/mol.